The summed E-state index contributed by atoms with van der Waals surface area (Å²) in [5, 5.41) is 4.10. The lowest BCUT2D eigenvalue weighted by atomic mass is 10.1. The summed E-state index contributed by atoms with van der Waals surface area (Å²) < 4.78 is 8.31. The van der Waals surface area contributed by atoms with Gasteiger partial charge in [0.05, 0.1) is 10.2 Å². The van der Waals surface area contributed by atoms with Gasteiger partial charge in [0.15, 0.2) is 6.61 Å². The number of nitrogens with one attached hydrogen (secondary N) is 1. The summed E-state index contributed by atoms with van der Waals surface area (Å²) in [6.07, 6.45) is 0. The third-order valence-electron chi connectivity index (χ3n) is 3.15. The summed E-state index contributed by atoms with van der Waals surface area (Å²) in [4.78, 5) is 11.9. The molecule has 0 aliphatic rings. The minimum Gasteiger partial charge on any atom is -0.482 e. The minimum absolute atomic E-state index is 0.113. The van der Waals surface area contributed by atoms with Crippen molar-refractivity contribution >= 4 is 59.4 Å². The number of hydrazone groups is 1. The van der Waals surface area contributed by atoms with Crippen LogP contribution < -0.4 is 10.2 Å². The fraction of sp³-hybridized carbons (Fsp3) is 0.176. The first-order valence-corrected chi connectivity index (χ1v) is 9.42. The van der Waals surface area contributed by atoms with Crippen LogP contribution in [0.4, 0.5) is 0 Å². The number of carbonyl (C=O) groups excluding carboxylic acids is 1. The predicted octanol–water partition coefficient (Wildman–Crippen LogP) is 5.20. The summed E-state index contributed by atoms with van der Waals surface area (Å²) >= 11 is 10.2. The van der Waals surface area contributed by atoms with Crippen molar-refractivity contribution in [3.05, 3.63) is 60.9 Å². The van der Waals surface area contributed by atoms with Crippen LogP contribution in [0.1, 0.15) is 18.1 Å². The van der Waals surface area contributed by atoms with Crippen molar-refractivity contribution in [3.8, 4) is 5.75 Å². The first-order valence-electron chi connectivity index (χ1n) is 7.04. The third-order valence-corrected chi connectivity index (χ3v) is 4.73. The summed E-state index contributed by atoms with van der Waals surface area (Å²) in [7, 11) is 0. The van der Waals surface area contributed by atoms with E-state index in [1.54, 1.807) is 0 Å². The standard InChI is InChI=1S/C17H15Br3N2O2/c1-10-7-14(19)8-15(20)17(10)24-9-16(23)22-21-11(2)12-3-5-13(18)6-4-12/h3-8H,9H2,1-2H3,(H,22,23)/b21-11-. The van der Waals surface area contributed by atoms with Gasteiger partial charge in [-0.05, 0) is 65.2 Å². The van der Waals surface area contributed by atoms with Crippen LogP contribution in [0, 0.1) is 6.92 Å². The smallest absolute Gasteiger partial charge is 0.277 e. The van der Waals surface area contributed by atoms with E-state index in [2.05, 4.69) is 58.3 Å². The molecule has 0 spiro atoms. The number of aryl methyl sites for hydroxylation is 1. The van der Waals surface area contributed by atoms with Gasteiger partial charge in [0.1, 0.15) is 5.75 Å². The molecule has 0 saturated carbocycles. The number of carbonyl (C=O) groups is 1. The molecule has 0 atom stereocenters. The molecule has 0 fully saturated rings. The highest BCUT2D eigenvalue weighted by Crippen LogP contribution is 2.32. The van der Waals surface area contributed by atoms with Crippen molar-refractivity contribution < 1.29 is 9.53 Å². The van der Waals surface area contributed by atoms with Gasteiger partial charge >= 0.3 is 0 Å². The second-order valence-corrected chi connectivity index (χ2v) is 7.75. The number of hydrogen-bond donors (Lipinski definition) is 1. The number of benzene rings is 2. The molecule has 7 heteroatoms. The van der Waals surface area contributed by atoms with Crippen LogP contribution in [-0.4, -0.2) is 18.2 Å². The molecule has 2 rings (SSSR count). The van der Waals surface area contributed by atoms with Gasteiger partial charge in [-0.3, -0.25) is 4.79 Å². The van der Waals surface area contributed by atoms with E-state index in [1.165, 1.54) is 0 Å². The molecule has 0 bridgehead atoms. The molecule has 126 valence electrons. The van der Waals surface area contributed by atoms with Crippen LogP contribution in [0.5, 0.6) is 5.75 Å². The monoisotopic (exact) mass is 516 g/mol. The molecule has 0 aliphatic carbocycles. The van der Waals surface area contributed by atoms with E-state index >= 15 is 0 Å². The molecule has 0 heterocycles. The zero-order chi connectivity index (χ0) is 17.7. The van der Waals surface area contributed by atoms with Crippen molar-refractivity contribution in [1.29, 1.82) is 0 Å². The molecule has 2 aromatic rings. The van der Waals surface area contributed by atoms with E-state index in [0.717, 1.165) is 30.3 Å². The Kier molecular flexibility index (Phi) is 7.01. The molecule has 0 radical (unpaired) electrons. The van der Waals surface area contributed by atoms with E-state index in [1.807, 2.05) is 50.2 Å². The third kappa shape index (κ3) is 5.43. The largest absolute Gasteiger partial charge is 0.482 e. The second-order valence-electron chi connectivity index (χ2n) is 5.06. The quantitative estimate of drug-likeness (QED) is 0.437. The molecule has 0 aliphatic heterocycles. The zero-order valence-corrected chi connectivity index (χ0v) is 17.8. The van der Waals surface area contributed by atoms with Crippen molar-refractivity contribution in [1.82, 2.24) is 5.43 Å². The van der Waals surface area contributed by atoms with Crippen LogP contribution in [0.25, 0.3) is 0 Å². The van der Waals surface area contributed by atoms with E-state index in [0.29, 0.717) is 5.75 Å². The number of halogens is 3. The predicted molar refractivity (Wildman–Crippen MR) is 107 cm³/mol. The van der Waals surface area contributed by atoms with Crippen molar-refractivity contribution in [3.63, 3.8) is 0 Å². The molecular weight excluding hydrogens is 504 g/mol. The van der Waals surface area contributed by atoms with E-state index in [-0.39, 0.29) is 12.5 Å². The average molecular weight is 519 g/mol. The lowest BCUT2D eigenvalue weighted by Crippen LogP contribution is -2.25. The van der Waals surface area contributed by atoms with Gasteiger partial charge in [0.2, 0.25) is 0 Å². The molecular formula is C17H15Br3N2O2. The maximum atomic E-state index is 11.9. The Hall–Kier alpha value is -1.18. The van der Waals surface area contributed by atoms with E-state index < -0.39 is 0 Å². The topological polar surface area (TPSA) is 50.7 Å². The second kappa shape index (κ2) is 8.78. The highest BCUT2D eigenvalue weighted by Gasteiger charge is 2.09. The van der Waals surface area contributed by atoms with Crippen LogP contribution >= 0.6 is 47.8 Å². The Labute approximate surface area is 166 Å². The Morgan fingerprint density at radius 2 is 1.79 bits per heavy atom. The zero-order valence-electron chi connectivity index (χ0n) is 13.1. The van der Waals surface area contributed by atoms with Crippen molar-refractivity contribution in [2.45, 2.75) is 13.8 Å². The fourth-order valence-electron chi connectivity index (χ4n) is 1.94. The SMILES string of the molecule is C/C(=N/NC(=O)COc1c(C)cc(Br)cc1Br)c1ccc(Br)cc1. The molecule has 2 aromatic carbocycles. The maximum Gasteiger partial charge on any atom is 0.277 e. The lowest BCUT2D eigenvalue weighted by Gasteiger charge is -2.11. The number of amides is 1. The summed E-state index contributed by atoms with van der Waals surface area (Å²) in [6.45, 7) is 3.64. The van der Waals surface area contributed by atoms with Crippen molar-refractivity contribution in [2.24, 2.45) is 5.10 Å². The average Bonchev–Trinajstić information content (AvgIpc) is 2.52. The lowest BCUT2D eigenvalue weighted by molar-refractivity contribution is -0.123. The van der Waals surface area contributed by atoms with Gasteiger partial charge in [-0.2, -0.15) is 5.10 Å². The minimum atomic E-state index is -0.319. The number of hydrogen-bond acceptors (Lipinski definition) is 3. The number of ether oxygens (including phenoxy) is 1. The molecule has 1 amide bonds. The van der Waals surface area contributed by atoms with E-state index in [4.69, 9.17) is 4.74 Å². The summed E-state index contributed by atoms with van der Waals surface area (Å²) in [5.74, 6) is 0.322. The summed E-state index contributed by atoms with van der Waals surface area (Å²) in [6, 6.07) is 11.5. The Morgan fingerprint density at radius 1 is 1.12 bits per heavy atom. The van der Waals surface area contributed by atoms with Crippen LogP contribution in [-0.2, 0) is 4.79 Å². The van der Waals surface area contributed by atoms with Gasteiger partial charge in [-0.1, -0.05) is 44.0 Å². The van der Waals surface area contributed by atoms with Crippen LogP contribution in [0.2, 0.25) is 0 Å². The highest BCUT2D eigenvalue weighted by molar-refractivity contribution is 9.11. The first-order chi connectivity index (χ1) is 11.4. The molecule has 24 heavy (non-hydrogen) atoms. The van der Waals surface area contributed by atoms with E-state index in [9.17, 15) is 4.79 Å². The van der Waals surface area contributed by atoms with Gasteiger partial charge in [0.25, 0.3) is 5.91 Å². The highest BCUT2D eigenvalue weighted by atomic mass is 79.9. The molecule has 0 aromatic heterocycles. The normalized spacial score (nSPS) is 11.3. The molecule has 4 nitrogen and oxygen atoms in total. The van der Waals surface area contributed by atoms with Gasteiger partial charge < -0.3 is 4.74 Å². The van der Waals surface area contributed by atoms with Crippen LogP contribution in [0.3, 0.4) is 0 Å². The van der Waals surface area contributed by atoms with Crippen LogP contribution in [0.15, 0.2) is 54.9 Å². The first kappa shape index (κ1) is 19.1. The van der Waals surface area contributed by atoms with Gasteiger partial charge in [-0.15, -0.1) is 0 Å². The molecule has 0 unspecified atom stereocenters. The van der Waals surface area contributed by atoms with Gasteiger partial charge in [0, 0.05) is 8.95 Å². The fourth-order valence-corrected chi connectivity index (χ4v) is 3.76. The maximum absolute atomic E-state index is 11.9. The Balaban J connectivity index is 1.94. The number of rotatable bonds is 5. The Morgan fingerprint density at radius 3 is 2.42 bits per heavy atom. The molecule has 0 saturated heterocycles. The summed E-state index contributed by atoms with van der Waals surface area (Å²) in [5.41, 5.74) is 5.09. The van der Waals surface area contributed by atoms with Crippen molar-refractivity contribution in [2.75, 3.05) is 6.61 Å². The molecule has 1 N–H and O–H groups in total. The number of nitrogens with zero attached hydrogens (tertiary/aromatic N) is 1. The Bertz CT molecular complexity index is 751. The van der Waals surface area contributed by atoms with Gasteiger partial charge in [-0.25, -0.2) is 5.43 Å².